The molecule has 1 aromatic rings. The largest absolute Gasteiger partial charge is 0.507 e. The van der Waals surface area contributed by atoms with E-state index in [0.717, 1.165) is 6.08 Å². The highest BCUT2D eigenvalue weighted by molar-refractivity contribution is 5.98. The van der Waals surface area contributed by atoms with Crippen molar-refractivity contribution in [1.29, 1.82) is 0 Å². The lowest BCUT2D eigenvalue weighted by Gasteiger charge is -2.17. The molecule has 6 nitrogen and oxygen atoms in total. The third-order valence-electron chi connectivity index (χ3n) is 3.98. The molecule has 0 aliphatic carbocycles. The molecule has 0 saturated heterocycles. The van der Waals surface area contributed by atoms with Crippen LogP contribution in [0.3, 0.4) is 0 Å². The second-order valence-corrected chi connectivity index (χ2v) is 6.27. The van der Waals surface area contributed by atoms with Gasteiger partial charge in [0, 0.05) is 6.42 Å². The molecule has 1 aromatic carbocycles. The Hall–Kier alpha value is -2.51. The van der Waals surface area contributed by atoms with Gasteiger partial charge in [-0.15, -0.1) is 0 Å². The molecule has 7 heteroatoms. The van der Waals surface area contributed by atoms with Crippen LogP contribution in [0.25, 0.3) is 6.08 Å². The number of aryl methyl sites for hydroxylation is 1. The lowest BCUT2D eigenvalue weighted by Crippen LogP contribution is -2.34. The zero-order chi connectivity index (χ0) is 19.4. The number of esters is 1. The Morgan fingerprint density at radius 2 is 1.88 bits per heavy atom. The van der Waals surface area contributed by atoms with E-state index in [2.05, 4.69) is 0 Å². The number of phenolic OH excluding ortho intramolecular Hbond substituents is 1. The Morgan fingerprint density at radius 3 is 2.58 bits per heavy atom. The number of benzene rings is 1. The van der Waals surface area contributed by atoms with E-state index in [9.17, 15) is 29.3 Å². The van der Waals surface area contributed by atoms with E-state index in [0.29, 0.717) is 11.1 Å². The van der Waals surface area contributed by atoms with Crippen LogP contribution in [0.4, 0.5) is 4.39 Å². The molecule has 1 heterocycles. The second kappa shape index (κ2) is 8.25. The monoisotopic (exact) mass is 364 g/mol. The number of halogens is 1. The number of ketones is 1. The predicted octanol–water partition coefficient (Wildman–Crippen LogP) is 2.20. The van der Waals surface area contributed by atoms with Crippen LogP contribution in [0.15, 0.2) is 30.1 Å². The van der Waals surface area contributed by atoms with Crippen LogP contribution in [0.2, 0.25) is 0 Å². The number of aromatic hydroxyl groups is 1. The predicted molar refractivity (Wildman–Crippen MR) is 92.2 cm³/mol. The zero-order valence-electron chi connectivity index (χ0n) is 14.5. The van der Waals surface area contributed by atoms with E-state index in [1.54, 1.807) is 13.0 Å². The number of aliphatic hydroxyl groups is 2. The molecule has 1 aliphatic rings. The molecule has 0 fully saturated rings. The van der Waals surface area contributed by atoms with Gasteiger partial charge in [0.25, 0.3) is 0 Å². The summed E-state index contributed by atoms with van der Waals surface area (Å²) < 4.78 is 19.0. The average Bonchev–Trinajstić information content (AvgIpc) is 2.56. The van der Waals surface area contributed by atoms with Gasteiger partial charge < -0.3 is 20.1 Å². The van der Waals surface area contributed by atoms with E-state index in [1.165, 1.54) is 25.1 Å². The van der Waals surface area contributed by atoms with Crippen molar-refractivity contribution in [2.24, 2.45) is 0 Å². The third kappa shape index (κ3) is 4.56. The molecule has 3 atom stereocenters. The van der Waals surface area contributed by atoms with Crippen LogP contribution in [0.5, 0.6) is 5.75 Å². The highest BCUT2D eigenvalue weighted by Gasteiger charge is 2.27. The van der Waals surface area contributed by atoms with Crippen molar-refractivity contribution in [3.05, 3.63) is 46.8 Å². The number of aliphatic hydroxyl groups excluding tert-OH is 2. The summed E-state index contributed by atoms with van der Waals surface area (Å²) in [5.41, 5.74) is 1.02. The first-order valence-electron chi connectivity index (χ1n) is 8.17. The van der Waals surface area contributed by atoms with Crippen LogP contribution in [-0.2, 0) is 9.53 Å². The Balaban J connectivity index is 2.46. The second-order valence-electron chi connectivity index (χ2n) is 6.27. The third-order valence-corrected chi connectivity index (χ3v) is 3.98. The minimum absolute atomic E-state index is 0.0497. The quantitative estimate of drug-likeness (QED) is 0.610. The maximum Gasteiger partial charge on any atom is 0.342 e. The minimum Gasteiger partial charge on any atom is -0.507 e. The molecule has 3 N–H and O–H groups in total. The summed E-state index contributed by atoms with van der Waals surface area (Å²) in [7, 11) is 0. The Bertz CT molecular complexity index is 768. The first kappa shape index (κ1) is 19.8. The summed E-state index contributed by atoms with van der Waals surface area (Å²) in [6, 6.07) is 3.06. The van der Waals surface area contributed by atoms with Crippen molar-refractivity contribution in [1.82, 2.24) is 0 Å². The summed E-state index contributed by atoms with van der Waals surface area (Å²) in [6.45, 7) is 3.24. The van der Waals surface area contributed by atoms with Crippen molar-refractivity contribution < 1.29 is 34.0 Å². The SMILES string of the molecule is Cc1cc(O)c2c(c1)/C=C/C[C@H](O)C(O)C(=O)C(F)=CCC(C)OC2=O. The maximum atomic E-state index is 13.8. The smallest absolute Gasteiger partial charge is 0.342 e. The number of carbonyl (C=O) groups is 2. The number of rotatable bonds is 0. The molecule has 2 unspecified atom stereocenters. The van der Waals surface area contributed by atoms with Gasteiger partial charge in [-0.1, -0.05) is 18.2 Å². The summed E-state index contributed by atoms with van der Waals surface area (Å²) in [4.78, 5) is 24.2. The van der Waals surface area contributed by atoms with E-state index in [1.807, 2.05) is 0 Å². The van der Waals surface area contributed by atoms with Gasteiger partial charge in [0.15, 0.2) is 5.83 Å². The lowest BCUT2D eigenvalue weighted by molar-refractivity contribution is -0.130. The lowest BCUT2D eigenvalue weighted by atomic mass is 10.00. The van der Waals surface area contributed by atoms with Crippen molar-refractivity contribution >= 4 is 17.8 Å². The van der Waals surface area contributed by atoms with Crippen molar-refractivity contribution in [3.63, 3.8) is 0 Å². The Kier molecular flexibility index (Phi) is 6.28. The van der Waals surface area contributed by atoms with E-state index in [-0.39, 0.29) is 24.2 Å². The van der Waals surface area contributed by atoms with Gasteiger partial charge >= 0.3 is 5.97 Å². The van der Waals surface area contributed by atoms with Crippen molar-refractivity contribution in [2.45, 2.75) is 45.0 Å². The molecule has 2 rings (SSSR count). The Labute approximate surface area is 150 Å². The van der Waals surface area contributed by atoms with Crippen LogP contribution in [0, 0.1) is 6.92 Å². The van der Waals surface area contributed by atoms with Crippen molar-refractivity contribution in [3.8, 4) is 5.75 Å². The topological polar surface area (TPSA) is 104 Å². The standard InChI is InChI=1S/C19H21FO6/c1-10-8-12-4-3-5-14(21)18(24)17(23)13(20)7-6-11(2)26-19(25)16(12)15(22)9-10/h3-4,7-9,11,14,18,21-22,24H,5-6H2,1-2H3/b4-3+,13-7?/t11?,14-,18?/m0/s1. The molecular weight excluding hydrogens is 343 g/mol. The molecule has 0 aromatic heterocycles. The first-order chi connectivity index (χ1) is 12.2. The van der Waals surface area contributed by atoms with Crippen LogP contribution >= 0.6 is 0 Å². The minimum atomic E-state index is -1.90. The average molecular weight is 364 g/mol. The number of fused-ring (bicyclic) bond motifs is 1. The molecule has 0 saturated carbocycles. The van der Waals surface area contributed by atoms with E-state index >= 15 is 0 Å². The number of ether oxygens (including phenoxy) is 1. The number of Topliss-reactive ketones (excluding diaryl/α,β-unsaturated/α-hetero) is 1. The fourth-order valence-corrected chi connectivity index (χ4v) is 2.59. The number of cyclic esters (lactones) is 1. The number of hydrogen-bond donors (Lipinski definition) is 3. The number of hydrogen-bond acceptors (Lipinski definition) is 6. The molecular formula is C19H21FO6. The van der Waals surface area contributed by atoms with Crippen LogP contribution in [0.1, 0.15) is 41.3 Å². The van der Waals surface area contributed by atoms with Gasteiger partial charge in [0.2, 0.25) is 5.78 Å². The normalized spacial score (nSPS) is 26.3. The van der Waals surface area contributed by atoms with Gasteiger partial charge in [-0.05, 0) is 43.5 Å². The summed E-state index contributed by atoms with van der Waals surface area (Å²) in [6.07, 6.45) is -0.662. The molecule has 0 spiro atoms. The first-order valence-corrected chi connectivity index (χ1v) is 8.17. The highest BCUT2D eigenvalue weighted by Crippen LogP contribution is 2.27. The summed E-state index contributed by atoms with van der Waals surface area (Å²) in [5.74, 6) is -3.48. The molecule has 1 aliphatic heterocycles. The van der Waals surface area contributed by atoms with E-state index < -0.39 is 35.9 Å². The Morgan fingerprint density at radius 1 is 1.19 bits per heavy atom. The molecule has 26 heavy (non-hydrogen) atoms. The highest BCUT2D eigenvalue weighted by atomic mass is 19.1. The van der Waals surface area contributed by atoms with E-state index in [4.69, 9.17) is 4.74 Å². The maximum absolute atomic E-state index is 13.8. The summed E-state index contributed by atoms with van der Waals surface area (Å²) in [5, 5.41) is 29.8. The fraction of sp³-hybridized carbons (Fsp3) is 0.368. The van der Waals surface area contributed by atoms with Crippen molar-refractivity contribution in [2.75, 3.05) is 0 Å². The summed E-state index contributed by atoms with van der Waals surface area (Å²) >= 11 is 0. The molecule has 0 bridgehead atoms. The van der Waals surface area contributed by atoms with Gasteiger partial charge in [0.1, 0.15) is 23.5 Å². The zero-order valence-corrected chi connectivity index (χ0v) is 14.5. The fourth-order valence-electron chi connectivity index (χ4n) is 2.59. The molecule has 140 valence electrons. The van der Waals surface area contributed by atoms with Gasteiger partial charge in [-0.2, -0.15) is 0 Å². The molecule has 0 radical (unpaired) electrons. The number of phenols is 1. The van der Waals surface area contributed by atoms with Gasteiger partial charge in [-0.25, -0.2) is 9.18 Å². The van der Waals surface area contributed by atoms with Gasteiger partial charge in [-0.3, -0.25) is 4.79 Å². The number of carbonyl (C=O) groups excluding carboxylic acids is 2. The van der Waals surface area contributed by atoms with Crippen LogP contribution in [-0.4, -0.2) is 45.4 Å². The van der Waals surface area contributed by atoms with Gasteiger partial charge in [0.05, 0.1) is 6.10 Å². The van der Waals surface area contributed by atoms with Crippen LogP contribution < -0.4 is 0 Å². The molecule has 0 amide bonds.